The number of carbonyl (C=O) groups excluding carboxylic acids is 1. The van der Waals surface area contributed by atoms with Crippen molar-refractivity contribution in [3.8, 4) is 5.82 Å². The molecule has 1 unspecified atom stereocenters. The molecule has 0 aromatic carbocycles. The molecule has 2 aromatic heterocycles. The van der Waals surface area contributed by atoms with Crippen LogP contribution in [0.5, 0.6) is 0 Å². The lowest BCUT2D eigenvalue weighted by atomic mass is 9.89. The maximum atomic E-state index is 13.1. The minimum absolute atomic E-state index is 0.136. The number of amides is 1. The average Bonchev–Trinajstić information content (AvgIpc) is 3.42. The summed E-state index contributed by atoms with van der Waals surface area (Å²) < 4.78 is 2.23. The van der Waals surface area contributed by atoms with Crippen molar-refractivity contribution < 1.29 is 4.79 Å². The third-order valence-electron chi connectivity index (χ3n) is 6.61. The van der Waals surface area contributed by atoms with Gasteiger partial charge >= 0.3 is 0 Å². The fraction of sp³-hybridized carbons (Fsp3) is 0.524. The zero-order chi connectivity index (χ0) is 17.7. The van der Waals surface area contributed by atoms with Crippen LogP contribution >= 0.6 is 0 Å². The fourth-order valence-corrected chi connectivity index (χ4v) is 5.41. The smallest absolute Gasteiger partial charge is 0.225 e. The summed E-state index contributed by atoms with van der Waals surface area (Å²) in [5.74, 6) is 1.63. The first kappa shape index (κ1) is 15.9. The molecule has 1 atom stereocenters. The minimum Gasteiger partial charge on any atom is -0.356 e. The van der Waals surface area contributed by atoms with Crippen molar-refractivity contribution in [3.63, 3.8) is 0 Å². The van der Waals surface area contributed by atoms with Crippen molar-refractivity contribution in [1.82, 2.24) is 14.5 Å². The first-order chi connectivity index (χ1) is 12.7. The summed E-state index contributed by atoms with van der Waals surface area (Å²) >= 11 is 0. The molecule has 2 aromatic rings. The Morgan fingerprint density at radius 3 is 2.92 bits per heavy atom. The predicted molar refractivity (Wildman–Crippen MR) is 101 cm³/mol. The largest absolute Gasteiger partial charge is 0.356 e. The van der Waals surface area contributed by atoms with Crippen LogP contribution in [0.25, 0.3) is 5.82 Å². The number of pyridine rings is 1. The molecule has 1 spiro atoms. The molecule has 0 N–H and O–H groups in total. The van der Waals surface area contributed by atoms with Gasteiger partial charge < -0.3 is 14.4 Å². The van der Waals surface area contributed by atoms with E-state index in [-0.39, 0.29) is 11.5 Å². The third kappa shape index (κ3) is 2.09. The lowest BCUT2D eigenvalue weighted by Gasteiger charge is -2.46. The first-order valence-corrected chi connectivity index (χ1v) is 9.94. The Balaban J connectivity index is 1.55. The highest BCUT2D eigenvalue weighted by Crippen LogP contribution is 2.47. The molecular formula is C21H26N4O. The van der Waals surface area contributed by atoms with E-state index < -0.39 is 0 Å². The van der Waals surface area contributed by atoms with Gasteiger partial charge in [0.2, 0.25) is 5.91 Å². The summed E-state index contributed by atoms with van der Waals surface area (Å²) in [6, 6.07) is 8.50. The van der Waals surface area contributed by atoms with Crippen LogP contribution < -0.4 is 4.90 Å². The van der Waals surface area contributed by atoms with E-state index >= 15 is 0 Å². The molecule has 5 heteroatoms. The van der Waals surface area contributed by atoms with Crippen molar-refractivity contribution >= 4 is 11.6 Å². The van der Waals surface area contributed by atoms with Crippen LogP contribution in [-0.4, -0.2) is 40.0 Å². The highest BCUT2D eigenvalue weighted by atomic mass is 16.2. The Kier molecular flexibility index (Phi) is 3.59. The molecule has 0 bridgehead atoms. The molecular weight excluding hydrogens is 324 g/mol. The third-order valence-corrected chi connectivity index (χ3v) is 6.61. The lowest BCUT2D eigenvalue weighted by molar-refractivity contribution is -0.134. The van der Waals surface area contributed by atoms with Crippen molar-refractivity contribution in [1.29, 1.82) is 0 Å². The van der Waals surface area contributed by atoms with Gasteiger partial charge in [0.25, 0.3) is 0 Å². The van der Waals surface area contributed by atoms with Crippen molar-refractivity contribution in [3.05, 3.63) is 42.4 Å². The topological polar surface area (TPSA) is 41.4 Å². The summed E-state index contributed by atoms with van der Waals surface area (Å²) in [4.78, 5) is 22.3. The average molecular weight is 350 g/mol. The number of hydrogen-bond donors (Lipinski definition) is 0. The summed E-state index contributed by atoms with van der Waals surface area (Å²) in [5, 5.41) is 0. The zero-order valence-electron chi connectivity index (χ0n) is 15.4. The van der Waals surface area contributed by atoms with Crippen LogP contribution in [0.3, 0.4) is 0 Å². The molecule has 1 aliphatic carbocycles. The van der Waals surface area contributed by atoms with E-state index in [2.05, 4.69) is 50.7 Å². The number of rotatable bonds is 2. The second-order valence-corrected chi connectivity index (χ2v) is 7.88. The lowest BCUT2D eigenvalue weighted by Crippen LogP contribution is -2.53. The number of carbonyl (C=O) groups is 1. The Hall–Kier alpha value is -2.30. The summed E-state index contributed by atoms with van der Waals surface area (Å²) in [6.45, 7) is 4.76. The molecule has 5 nitrogen and oxygen atoms in total. The van der Waals surface area contributed by atoms with Crippen LogP contribution in [0.1, 0.15) is 44.7 Å². The number of likely N-dealkylation sites (N-methyl/N-ethyl adjacent to an activating group) is 1. The summed E-state index contributed by atoms with van der Waals surface area (Å²) in [7, 11) is 0. The van der Waals surface area contributed by atoms with Crippen LogP contribution in [0.2, 0.25) is 0 Å². The van der Waals surface area contributed by atoms with Gasteiger partial charge in [0.15, 0.2) is 5.82 Å². The van der Waals surface area contributed by atoms with E-state index in [1.807, 2.05) is 12.3 Å². The predicted octanol–water partition coefficient (Wildman–Crippen LogP) is 3.33. The van der Waals surface area contributed by atoms with Gasteiger partial charge in [-0.3, -0.25) is 4.79 Å². The number of nitrogens with zero attached hydrogens (tertiary/aromatic N) is 4. The molecule has 136 valence electrons. The van der Waals surface area contributed by atoms with Gasteiger partial charge in [-0.1, -0.05) is 12.8 Å². The highest BCUT2D eigenvalue weighted by Gasteiger charge is 2.50. The molecule has 26 heavy (non-hydrogen) atoms. The molecule has 0 radical (unpaired) electrons. The van der Waals surface area contributed by atoms with Crippen LogP contribution in [0, 0.1) is 5.92 Å². The number of aromatic nitrogens is 2. The maximum Gasteiger partial charge on any atom is 0.225 e. The van der Waals surface area contributed by atoms with Crippen LogP contribution in [0.15, 0.2) is 36.7 Å². The Bertz CT molecular complexity index is 838. The second kappa shape index (κ2) is 5.86. The van der Waals surface area contributed by atoms with Gasteiger partial charge in [0, 0.05) is 37.9 Å². The van der Waals surface area contributed by atoms with Gasteiger partial charge in [-0.15, -0.1) is 0 Å². The summed E-state index contributed by atoms with van der Waals surface area (Å²) in [5.41, 5.74) is 2.31. The molecule has 3 aliphatic rings. The van der Waals surface area contributed by atoms with Gasteiger partial charge in [-0.05, 0) is 50.5 Å². The molecule has 4 heterocycles. The number of fused-ring (bicyclic) bond motifs is 4. The van der Waals surface area contributed by atoms with Crippen molar-refractivity contribution in [2.45, 2.75) is 44.6 Å². The van der Waals surface area contributed by atoms with Gasteiger partial charge in [0.1, 0.15) is 0 Å². The standard InChI is InChI=1S/C21H26N4O/c1-2-25-17-9-5-12-22-19(17)24-13-6-10-18(24)21(25)11-14-23(15-21)20(26)16-7-3-4-8-16/h5-6,9-10,12-13,16H,2-4,7-8,11,14-15H2,1H3. The van der Waals surface area contributed by atoms with Crippen molar-refractivity contribution in [2.75, 3.05) is 24.5 Å². The van der Waals surface area contributed by atoms with E-state index in [0.717, 1.165) is 44.7 Å². The second-order valence-electron chi connectivity index (χ2n) is 7.88. The molecule has 1 amide bonds. The van der Waals surface area contributed by atoms with Crippen LogP contribution in [0.4, 0.5) is 5.69 Å². The maximum absolute atomic E-state index is 13.1. The number of likely N-dealkylation sites (tertiary alicyclic amines) is 1. The fourth-order valence-electron chi connectivity index (χ4n) is 5.41. The highest BCUT2D eigenvalue weighted by molar-refractivity contribution is 5.80. The number of hydrogen-bond acceptors (Lipinski definition) is 3. The van der Waals surface area contributed by atoms with E-state index in [1.54, 1.807) is 0 Å². The monoisotopic (exact) mass is 350 g/mol. The first-order valence-electron chi connectivity index (χ1n) is 9.94. The zero-order valence-corrected chi connectivity index (χ0v) is 15.4. The van der Waals surface area contributed by atoms with Gasteiger partial charge in [0.05, 0.1) is 16.9 Å². The quantitative estimate of drug-likeness (QED) is 0.834. The van der Waals surface area contributed by atoms with Gasteiger partial charge in [-0.25, -0.2) is 4.98 Å². The molecule has 1 saturated heterocycles. The van der Waals surface area contributed by atoms with E-state index in [0.29, 0.717) is 5.91 Å². The normalized spacial score (nSPS) is 25.0. The Morgan fingerprint density at radius 1 is 1.27 bits per heavy atom. The van der Waals surface area contributed by atoms with E-state index in [4.69, 9.17) is 0 Å². The van der Waals surface area contributed by atoms with E-state index in [1.165, 1.54) is 24.2 Å². The summed E-state index contributed by atoms with van der Waals surface area (Å²) in [6.07, 6.45) is 9.51. The van der Waals surface area contributed by atoms with E-state index in [9.17, 15) is 4.79 Å². The molecule has 1 saturated carbocycles. The van der Waals surface area contributed by atoms with Crippen molar-refractivity contribution in [2.24, 2.45) is 5.92 Å². The van der Waals surface area contributed by atoms with Crippen LogP contribution in [-0.2, 0) is 10.3 Å². The molecule has 5 rings (SSSR count). The Morgan fingerprint density at radius 2 is 2.12 bits per heavy atom. The molecule has 2 fully saturated rings. The SMILES string of the molecule is CCN1c2cccnc2-n2cccc2C12CCN(C(=O)C1CCCC1)C2. The minimum atomic E-state index is -0.136. The van der Waals surface area contributed by atoms with Gasteiger partial charge in [-0.2, -0.15) is 0 Å². The Labute approximate surface area is 154 Å². The number of anilines is 1. The molecule has 2 aliphatic heterocycles.